The van der Waals surface area contributed by atoms with Crippen molar-refractivity contribution in [3.8, 4) is 50.7 Å². The number of rotatable bonds is 5. The fraction of sp³-hybridized carbons (Fsp3) is 0. The Morgan fingerprint density at radius 1 is 0.400 bits per heavy atom. The molecule has 3 heterocycles. The van der Waals surface area contributed by atoms with Gasteiger partial charge in [-0.05, 0) is 64.7 Å². The zero-order valence-electron chi connectivity index (χ0n) is 27.0. The van der Waals surface area contributed by atoms with E-state index in [0.29, 0.717) is 5.82 Å². The summed E-state index contributed by atoms with van der Waals surface area (Å²) in [6.45, 7) is 0. The molecule has 0 saturated heterocycles. The molecule has 0 bridgehead atoms. The van der Waals surface area contributed by atoms with Crippen LogP contribution in [0.25, 0.3) is 94.5 Å². The Morgan fingerprint density at radius 3 is 1.68 bits per heavy atom. The van der Waals surface area contributed by atoms with E-state index < -0.39 is 0 Å². The summed E-state index contributed by atoms with van der Waals surface area (Å²) < 4.78 is 8.70. The number of hydrogen-bond acceptors (Lipinski definition) is 3. The zero-order valence-corrected chi connectivity index (χ0v) is 27.0. The summed E-state index contributed by atoms with van der Waals surface area (Å²) in [5.41, 5.74) is 11.2. The Bertz CT molecular complexity index is 2800. The fourth-order valence-corrected chi connectivity index (χ4v) is 7.29. The summed E-state index contributed by atoms with van der Waals surface area (Å²) in [5.74, 6) is 1.45. The summed E-state index contributed by atoms with van der Waals surface area (Å²) in [7, 11) is 0. The fourth-order valence-electron chi connectivity index (χ4n) is 7.29. The number of benzene rings is 7. The molecule has 0 saturated carbocycles. The molecular weight excluding hydrogens is 611 g/mol. The van der Waals surface area contributed by atoms with Crippen LogP contribution in [0.1, 0.15) is 0 Å². The Morgan fingerprint density at radius 2 is 0.980 bits per heavy atom. The Labute approximate surface area is 288 Å². The minimum Gasteiger partial charge on any atom is -0.456 e. The summed E-state index contributed by atoms with van der Waals surface area (Å²) in [4.78, 5) is 10.7. The van der Waals surface area contributed by atoms with Crippen LogP contribution < -0.4 is 0 Å². The van der Waals surface area contributed by atoms with E-state index in [1.807, 2.05) is 18.2 Å². The van der Waals surface area contributed by atoms with Gasteiger partial charge in [-0.15, -0.1) is 0 Å². The van der Waals surface area contributed by atoms with Gasteiger partial charge in [-0.3, -0.25) is 4.57 Å². The third-order valence-electron chi connectivity index (χ3n) is 9.59. The van der Waals surface area contributed by atoms with Gasteiger partial charge in [-0.2, -0.15) is 0 Å². The highest BCUT2D eigenvalue weighted by atomic mass is 16.3. The van der Waals surface area contributed by atoms with Crippen LogP contribution in [-0.4, -0.2) is 14.5 Å². The Kier molecular flexibility index (Phi) is 6.46. The maximum absolute atomic E-state index is 6.40. The van der Waals surface area contributed by atoms with Crippen LogP contribution in [-0.2, 0) is 0 Å². The number of aromatic nitrogens is 3. The molecule has 4 heteroatoms. The standard InChI is InChI=1S/C46H29N3O/c1-4-14-30(15-5-1)33-26-34(31-16-6-2-7-17-31)28-35(27-33)46-47-39(32-18-8-3-9-19-32)29-43(48-46)49-40-22-12-10-20-36(40)37-24-25-42-44(45(37)49)38-21-11-13-23-41(38)50-42/h1-29H. The van der Waals surface area contributed by atoms with Gasteiger partial charge in [-0.25, -0.2) is 9.97 Å². The van der Waals surface area contributed by atoms with Crippen LogP contribution in [0.5, 0.6) is 0 Å². The zero-order chi connectivity index (χ0) is 33.0. The third-order valence-corrected chi connectivity index (χ3v) is 9.59. The molecule has 7 aromatic carbocycles. The van der Waals surface area contributed by atoms with Gasteiger partial charge in [0.1, 0.15) is 17.0 Å². The maximum atomic E-state index is 6.40. The normalized spacial score (nSPS) is 11.6. The monoisotopic (exact) mass is 639 g/mol. The minimum absolute atomic E-state index is 0.659. The molecule has 234 valence electrons. The van der Waals surface area contributed by atoms with Crippen LogP contribution in [0.4, 0.5) is 0 Å². The summed E-state index contributed by atoms with van der Waals surface area (Å²) in [6, 6.07) is 61.3. The Hall–Kier alpha value is -6.78. The second-order valence-corrected chi connectivity index (χ2v) is 12.6. The molecule has 10 rings (SSSR count). The number of fused-ring (bicyclic) bond motifs is 7. The number of nitrogens with zero attached hydrogens (tertiary/aromatic N) is 3. The molecule has 0 aliphatic heterocycles. The first-order valence-electron chi connectivity index (χ1n) is 16.8. The summed E-state index contributed by atoms with van der Waals surface area (Å²) in [6.07, 6.45) is 0. The molecular formula is C46H29N3O. The first-order chi connectivity index (χ1) is 24.8. The van der Waals surface area contributed by atoms with Gasteiger partial charge < -0.3 is 4.42 Å². The van der Waals surface area contributed by atoms with Crippen LogP contribution in [0, 0.1) is 0 Å². The lowest BCUT2D eigenvalue weighted by atomic mass is 9.96. The molecule has 0 N–H and O–H groups in total. The molecule has 0 unspecified atom stereocenters. The van der Waals surface area contributed by atoms with Crippen molar-refractivity contribution in [2.75, 3.05) is 0 Å². The molecule has 0 amide bonds. The molecule has 4 nitrogen and oxygen atoms in total. The van der Waals surface area contributed by atoms with Crippen molar-refractivity contribution in [2.45, 2.75) is 0 Å². The molecule has 0 aliphatic rings. The lowest BCUT2D eigenvalue weighted by molar-refractivity contribution is 0.669. The molecule has 10 aromatic rings. The smallest absolute Gasteiger partial charge is 0.162 e. The highest BCUT2D eigenvalue weighted by Crippen LogP contribution is 2.41. The van der Waals surface area contributed by atoms with Crippen molar-refractivity contribution < 1.29 is 4.42 Å². The number of para-hydroxylation sites is 2. The lowest BCUT2D eigenvalue weighted by Crippen LogP contribution is -2.03. The van der Waals surface area contributed by atoms with E-state index in [0.717, 1.165) is 88.6 Å². The van der Waals surface area contributed by atoms with E-state index in [4.69, 9.17) is 14.4 Å². The maximum Gasteiger partial charge on any atom is 0.162 e. The van der Waals surface area contributed by atoms with Gasteiger partial charge in [-0.1, -0.05) is 127 Å². The quantitative estimate of drug-likeness (QED) is 0.188. The second kappa shape index (κ2) is 11.4. The van der Waals surface area contributed by atoms with E-state index in [2.05, 4.69) is 162 Å². The predicted molar refractivity (Wildman–Crippen MR) is 205 cm³/mol. The van der Waals surface area contributed by atoms with Crippen molar-refractivity contribution in [3.05, 3.63) is 176 Å². The minimum atomic E-state index is 0.659. The summed E-state index contributed by atoms with van der Waals surface area (Å²) in [5, 5.41) is 4.47. The van der Waals surface area contributed by atoms with Crippen molar-refractivity contribution in [2.24, 2.45) is 0 Å². The van der Waals surface area contributed by atoms with Gasteiger partial charge in [0.2, 0.25) is 0 Å². The van der Waals surface area contributed by atoms with Gasteiger partial charge in [0, 0.05) is 33.4 Å². The van der Waals surface area contributed by atoms with Crippen LogP contribution >= 0.6 is 0 Å². The van der Waals surface area contributed by atoms with Crippen molar-refractivity contribution in [1.82, 2.24) is 14.5 Å². The van der Waals surface area contributed by atoms with E-state index in [1.165, 1.54) is 0 Å². The lowest BCUT2D eigenvalue weighted by Gasteiger charge is -2.14. The average molecular weight is 640 g/mol. The van der Waals surface area contributed by atoms with E-state index in [-0.39, 0.29) is 0 Å². The average Bonchev–Trinajstić information content (AvgIpc) is 3.74. The molecule has 0 spiro atoms. The molecule has 0 aliphatic carbocycles. The van der Waals surface area contributed by atoms with E-state index >= 15 is 0 Å². The highest BCUT2D eigenvalue weighted by molar-refractivity contribution is 6.24. The van der Waals surface area contributed by atoms with Crippen LogP contribution in [0.3, 0.4) is 0 Å². The molecule has 50 heavy (non-hydrogen) atoms. The van der Waals surface area contributed by atoms with E-state index in [1.54, 1.807) is 0 Å². The van der Waals surface area contributed by atoms with Gasteiger partial charge in [0.25, 0.3) is 0 Å². The van der Waals surface area contributed by atoms with Gasteiger partial charge in [0.15, 0.2) is 5.82 Å². The predicted octanol–water partition coefficient (Wildman–Crippen LogP) is 12.1. The highest BCUT2D eigenvalue weighted by Gasteiger charge is 2.21. The number of hydrogen-bond donors (Lipinski definition) is 0. The molecule has 0 atom stereocenters. The second-order valence-electron chi connectivity index (χ2n) is 12.6. The SMILES string of the molecule is c1ccc(-c2cc(-c3ccccc3)cc(-c3nc(-c4ccccc4)cc(-n4c5ccccc5c5ccc6oc7ccccc7c6c54)n3)c2)cc1. The topological polar surface area (TPSA) is 43.9 Å². The van der Waals surface area contributed by atoms with Crippen molar-refractivity contribution in [3.63, 3.8) is 0 Å². The van der Waals surface area contributed by atoms with E-state index in [9.17, 15) is 0 Å². The van der Waals surface area contributed by atoms with Crippen molar-refractivity contribution >= 4 is 43.7 Å². The van der Waals surface area contributed by atoms with Gasteiger partial charge in [0.05, 0.1) is 22.1 Å². The van der Waals surface area contributed by atoms with Crippen LogP contribution in [0.2, 0.25) is 0 Å². The first-order valence-corrected chi connectivity index (χ1v) is 16.8. The Balaban J connectivity index is 1.30. The van der Waals surface area contributed by atoms with Crippen LogP contribution in [0.15, 0.2) is 180 Å². The van der Waals surface area contributed by atoms with Gasteiger partial charge >= 0.3 is 0 Å². The molecule has 3 aromatic heterocycles. The molecule has 0 radical (unpaired) electrons. The largest absolute Gasteiger partial charge is 0.456 e. The first kappa shape index (κ1) is 28.3. The third kappa shape index (κ3) is 4.61. The van der Waals surface area contributed by atoms with Crippen molar-refractivity contribution in [1.29, 1.82) is 0 Å². The molecule has 0 fully saturated rings. The number of furan rings is 1. The summed E-state index contributed by atoms with van der Waals surface area (Å²) >= 11 is 0.